The van der Waals surface area contributed by atoms with Crippen molar-refractivity contribution in [2.24, 2.45) is 5.73 Å². The molecule has 18 heavy (non-hydrogen) atoms. The van der Waals surface area contributed by atoms with E-state index in [0.29, 0.717) is 5.75 Å². The van der Waals surface area contributed by atoms with Crippen LogP contribution in [0.1, 0.15) is 11.6 Å². The highest BCUT2D eigenvalue weighted by atomic mass is 35.5. The zero-order valence-electron chi connectivity index (χ0n) is 10.0. The van der Waals surface area contributed by atoms with Gasteiger partial charge in [-0.25, -0.2) is 8.78 Å². The van der Waals surface area contributed by atoms with Gasteiger partial charge in [0.1, 0.15) is 24.1 Å². The number of hydrogen-bond acceptors (Lipinski definition) is 4. The summed E-state index contributed by atoms with van der Waals surface area (Å²) in [6.45, 7) is -1.32. The molecular formula is C11H16ClF2NO3. The van der Waals surface area contributed by atoms with Gasteiger partial charge < -0.3 is 20.3 Å². The number of aliphatic hydroxyl groups excluding tert-OH is 1. The zero-order chi connectivity index (χ0) is 13.1. The van der Waals surface area contributed by atoms with Crippen molar-refractivity contribution in [2.75, 3.05) is 20.8 Å². The largest absolute Gasteiger partial charge is 0.497 e. The molecule has 1 aromatic carbocycles. The molecule has 0 saturated heterocycles. The predicted molar refractivity (Wildman–Crippen MR) is 65.8 cm³/mol. The maximum Gasteiger partial charge on any atom is 0.289 e. The van der Waals surface area contributed by atoms with Gasteiger partial charge >= 0.3 is 0 Å². The molecule has 0 amide bonds. The second-order valence-corrected chi connectivity index (χ2v) is 3.50. The Morgan fingerprint density at radius 3 is 2.39 bits per heavy atom. The van der Waals surface area contributed by atoms with E-state index < -0.39 is 18.6 Å². The lowest BCUT2D eigenvalue weighted by molar-refractivity contribution is -0.0715. The van der Waals surface area contributed by atoms with Gasteiger partial charge in [-0.2, -0.15) is 0 Å². The Morgan fingerprint density at radius 2 is 1.94 bits per heavy atom. The van der Waals surface area contributed by atoms with Gasteiger partial charge in [0.2, 0.25) is 0 Å². The number of ether oxygens (including phenoxy) is 2. The highest BCUT2D eigenvalue weighted by Crippen LogP contribution is 2.35. The van der Waals surface area contributed by atoms with Crippen molar-refractivity contribution in [3.05, 3.63) is 23.8 Å². The minimum atomic E-state index is -3.40. The lowest BCUT2D eigenvalue weighted by atomic mass is 10.0. The van der Waals surface area contributed by atoms with Crippen LogP contribution in [0, 0.1) is 0 Å². The van der Waals surface area contributed by atoms with Gasteiger partial charge in [-0.1, -0.05) is 0 Å². The smallest absolute Gasteiger partial charge is 0.289 e. The van der Waals surface area contributed by atoms with Gasteiger partial charge in [-0.15, -0.1) is 12.4 Å². The average molecular weight is 284 g/mol. The van der Waals surface area contributed by atoms with Gasteiger partial charge in [-0.3, -0.25) is 0 Å². The van der Waals surface area contributed by atoms with E-state index in [1.54, 1.807) is 0 Å². The van der Waals surface area contributed by atoms with Crippen LogP contribution in [0.25, 0.3) is 0 Å². The first-order valence-corrected chi connectivity index (χ1v) is 4.92. The average Bonchev–Trinajstić information content (AvgIpc) is 2.36. The summed E-state index contributed by atoms with van der Waals surface area (Å²) in [6.07, 6.45) is 0. The van der Waals surface area contributed by atoms with Crippen LogP contribution in [0.3, 0.4) is 0 Å². The predicted octanol–water partition coefficient (Wildman–Crippen LogP) is 1.75. The maximum absolute atomic E-state index is 13.3. The first kappa shape index (κ1) is 16.9. The lowest BCUT2D eigenvalue weighted by Crippen LogP contribution is -2.36. The first-order valence-electron chi connectivity index (χ1n) is 4.92. The molecule has 0 fully saturated rings. The van der Waals surface area contributed by atoms with E-state index in [2.05, 4.69) is 0 Å². The van der Waals surface area contributed by atoms with Crippen LogP contribution in [0.2, 0.25) is 0 Å². The summed E-state index contributed by atoms with van der Waals surface area (Å²) in [5.41, 5.74) is 5.54. The van der Waals surface area contributed by atoms with Gasteiger partial charge in [0.25, 0.3) is 5.92 Å². The number of halogens is 3. The molecular weight excluding hydrogens is 268 g/mol. The fourth-order valence-electron chi connectivity index (χ4n) is 1.40. The normalized spacial score (nSPS) is 12.6. The van der Waals surface area contributed by atoms with E-state index in [4.69, 9.17) is 20.3 Å². The Hall–Kier alpha value is -1.11. The number of alkyl halides is 2. The first-order chi connectivity index (χ1) is 7.96. The van der Waals surface area contributed by atoms with Gasteiger partial charge in [0.05, 0.1) is 14.2 Å². The second-order valence-electron chi connectivity index (χ2n) is 3.50. The quantitative estimate of drug-likeness (QED) is 0.864. The molecule has 1 atom stereocenters. The van der Waals surface area contributed by atoms with Crippen LogP contribution in [-0.2, 0) is 0 Å². The van der Waals surface area contributed by atoms with Crippen molar-refractivity contribution in [3.63, 3.8) is 0 Å². The Bertz CT molecular complexity index is 391. The van der Waals surface area contributed by atoms with Crippen LogP contribution in [0.4, 0.5) is 8.78 Å². The molecule has 0 aliphatic heterocycles. The molecule has 104 valence electrons. The number of methoxy groups -OCH3 is 2. The maximum atomic E-state index is 13.3. The Balaban J connectivity index is 0.00000289. The van der Waals surface area contributed by atoms with Crippen molar-refractivity contribution in [1.82, 2.24) is 0 Å². The summed E-state index contributed by atoms with van der Waals surface area (Å²) in [4.78, 5) is 0. The molecule has 1 rings (SSSR count). The molecule has 0 aromatic heterocycles. The number of rotatable bonds is 5. The van der Waals surface area contributed by atoms with Crippen LogP contribution in [-0.4, -0.2) is 31.9 Å². The van der Waals surface area contributed by atoms with E-state index in [1.807, 2.05) is 0 Å². The zero-order valence-corrected chi connectivity index (χ0v) is 10.8. The fourth-order valence-corrected chi connectivity index (χ4v) is 1.40. The second kappa shape index (κ2) is 6.72. The molecule has 3 N–H and O–H groups in total. The van der Waals surface area contributed by atoms with E-state index in [-0.39, 0.29) is 23.7 Å². The molecule has 0 aliphatic rings. The fraction of sp³-hybridized carbons (Fsp3) is 0.455. The Labute approximate surface area is 110 Å². The van der Waals surface area contributed by atoms with Gasteiger partial charge in [-0.05, 0) is 12.1 Å². The van der Waals surface area contributed by atoms with E-state index >= 15 is 0 Å². The summed E-state index contributed by atoms with van der Waals surface area (Å²) < 4.78 is 36.5. The molecule has 0 saturated carbocycles. The molecule has 1 aromatic rings. The summed E-state index contributed by atoms with van der Waals surface area (Å²) in [6, 6.07) is 2.73. The summed E-state index contributed by atoms with van der Waals surface area (Å²) in [5, 5.41) is 8.59. The Morgan fingerprint density at radius 1 is 1.33 bits per heavy atom. The molecule has 0 unspecified atom stereocenters. The van der Waals surface area contributed by atoms with Gasteiger partial charge in [0.15, 0.2) is 0 Å². The van der Waals surface area contributed by atoms with E-state index in [1.165, 1.54) is 32.4 Å². The number of benzene rings is 1. The third kappa shape index (κ3) is 3.44. The van der Waals surface area contributed by atoms with Crippen LogP contribution < -0.4 is 15.2 Å². The molecule has 4 nitrogen and oxygen atoms in total. The molecule has 0 bridgehead atoms. The molecule has 0 radical (unpaired) electrons. The highest BCUT2D eigenvalue weighted by Gasteiger charge is 2.38. The van der Waals surface area contributed by atoms with Gasteiger partial charge in [0, 0.05) is 11.6 Å². The summed E-state index contributed by atoms with van der Waals surface area (Å²) >= 11 is 0. The monoisotopic (exact) mass is 283 g/mol. The van der Waals surface area contributed by atoms with Crippen molar-refractivity contribution in [1.29, 1.82) is 0 Å². The minimum absolute atomic E-state index is 0. The number of nitrogens with two attached hydrogens (primary N) is 1. The lowest BCUT2D eigenvalue weighted by Gasteiger charge is -2.23. The molecule has 0 heterocycles. The third-order valence-electron chi connectivity index (χ3n) is 2.44. The van der Waals surface area contributed by atoms with Crippen LogP contribution in [0.5, 0.6) is 11.5 Å². The summed E-state index contributed by atoms with van der Waals surface area (Å²) in [7, 11) is 2.80. The number of hydrogen-bond donors (Lipinski definition) is 2. The van der Waals surface area contributed by atoms with Crippen molar-refractivity contribution < 1.29 is 23.4 Å². The standard InChI is InChI=1S/C11H15F2NO3.ClH/c1-16-7-3-4-8(9(5-7)17-2)10(14)11(12,13)6-15;/h3-5,10,15H,6,14H2,1-2H3;1H/t10-;/m0./s1. The van der Waals surface area contributed by atoms with Crippen molar-refractivity contribution in [3.8, 4) is 11.5 Å². The molecule has 0 spiro atoms. The molecule has 7 heteroatoms. The SMILES string of the molecule is COc1ccc([C@H](N)C(F)(F)CO)c(OC)c1.Cl. The highest BCUT2D eigenvalue weighted by molar-refractivity contribution is 5.85. The van der Waals surface area contributed by atoms with E-state index in [9.17, 15) is 8.78 Å². The van der Waals surface area contributed by atoms with Crippen LogP contribution in [0.15, 0.2) is 18.2 Å². The van der Waals surface area contributed by atoms with Crippen molar-refractivity contribution in [2.45, 2.75) is 12.0 Å². The summed E-state index contributed by atoms with van der Waals surface area (Å²) in [5.74, 6) is -2.72. The van der Waals surface area contributed by atoms with E-state index in [0.717, 1.165) is 0 Å². The third-order valence-corrected chi connectivity index (χ3v) is 2.44. The number of aliphatic hydroxyl groups is 1. The van der Waals surface area contributed by atoms with Crippen LogP contribution >= 0.6 is 12.4 Å². The Kier molecular flexibility index (Phi) is 6.31. The van der Waals surface area contributed by atoms with Crippen molar-refractivity contribution >= 4 is 12.4 Å². The topological polar surface area (TPSA) is 64.7 Å². The molecule has 0 aliphatic carbocycles. The minimum Gasteiger partial charge on any atom is -0.497 e.